The molecule has 1 aromatic rings. The third kappa shape index (κ3) is 8.34. The number of benzene rings is 1. The maximum Gasteiger partial charge on any atom is 0.0716 e. The highest BCUT2D eigenvalue weighted by atomic mass is 16.5. The molecule has 0 aliphatic carbocycles. The predicted octanol–water partition coefficient (Wildman–Crippen LogP) is 4.56. The van der Waals surface area contributed by atoms with Crippen LogP contribution in [-0.2, 0) is 11.3 Å². The van der Waals surface area contributed by atoms with Crippen molar-refractivity contribution in [2.45, 2.75) is 58.5 Å². The van der Waals surface area contributed by atoms with Gasteiger partial charge < -0.3 is 9.84 Å². The van der Waals surface area contributed by atoms with Crippen LogP contribution in [0.2, 0.25) is 0 Å². The van der Waals surface area contributed by atoms with Gasteiger partial charge in [0, 0.05) is 13.2 Å². The first-order chi connectivity index (χ1) is 9.86. The largest absolute Gasteiger partial charge is 0.396 e. The van der Waals surface area contributed by atoms with Gasteiger partial charge in [0.05, 0.1) is 6.61 Å². The molecule has 0 bridgehead atoms. The first-order valence-corrected chi connectivity index (χ1v) is 8.09. The van der Waals surface area contributed by atoms with Gasteiger partial charge in [0.2, 0.25) is 0 Å². The van der Waals surface area contributed by atoms with Crippen molar-refractivity contribution in [1.29, 1.82) is 0 Å². The molecule has 1 rings (SSSR count). The SMILES string of the molecule is CCCCCC(CCO)CCCOCc1ccccc1. The minimum Gasteiger partial charge on any atom is -0.396 e. The van der Waals surface area contributed by atoms with Crippen LogP contribution >= 0.6 is 0 Å². The molecule has 0 spiro atoms. The van der Waals surface area contributed by atoms with Gasteiger partial charge in [0.25, 0.3) is 0 Å². The second-order valence-electron chi connectivity index (χ2n) is 5.55. The Balaban J connectivity index is 2.07. The predicted molar refractivity (Wildman–Crippen MR) is 84.7 cm³/mol. The molecule has 20 heavy (non-hydrogen) atoms. The van der Waals surface area contributed by atoms with Crippen molar-refractivity contribution >= 4 is 0 Å². The lowest BCUT2D eigenvalue weighted by atomic mass is 9.93. The van der Waals surface area contributed by atoms with Crippen LogP contribution in [0.5, 0.6) is 0 Å². The van der Waals surface area contributed by atoms with Crippen molar-refractivity contribution in [2.24, 2.45) is 5.92 Å². The molecule has 0 aromatic heterocycles. The zero-order valence-corrected chi connectivity index (χ0v) is 12.9. The highest BCUT2D eigenvalue weighted by molar-refractivity contribution is 5.13. The molecule has 0 aliphatic heterocycles. The summed E-state index contributed by atoms with van der Waals surface area (Å²) in [4.78, 5) is 0. The fraction of sp³-hybridized carbons (Fsp3) is 0.667. The summed E-state index contributed by atoms with van der Waals surface area (Å²) in [7, 11) is 0. The summed E-state index contributed by atoms with van der Waals surface area (Å²) in [5.74, 6) is 0.673. The van der Waals surface area contributed by atoms with E-state index in [1.807, 2.05) is 18.2 Å². The summed E-state index contributed by atoms with van der Waals surface area (Å²) >= 11 is 0. The minimum atomic E-state index is 0.321. The normalized spacial score (nSPS) is 12.5. The Morgan fingerprint density at radius 1 is 1.00 bits per heavy atom. The first kappa shape index (κ1) is 17.2. The van der Waals surface area contributed by atoms with E-state index in [1.54, 1.807) is 0 Å². The molecule has 0 saturated heterocycles. The number of ether oxygens (including phenoxy) is 1. The number of hydrogen-bond acceptors (Lipinski definition) is 2. The smallest absolute Gasteiger partial charge is 0.0716 e. The van der Waals surface area contributed by atoms with Gasteiger partial charge in [0.15, 0.2) is 0 Å². The second kappa shape index (κ2) is 11.9. The Morgan fingerprint density at radius 2 is 1.75 bits per heavy atom. The van der Waals surface area contributed by atoms with E-state index in [9.17, 15) is 0 Å². The van der Waals surface area contributed by atoms with Crippen LogP contribution in [0.3, 0.4) is 0 Å². The number of hydrogen-bond donors (Lipinski definition) is 1. The molecule has 0 radical (unpaired) electrons. The molecule has 1 atom stereocenters. The average Bonchev–Trinajstić information content (AvgIpc) is 2.48. The van der Waals surface area contributed by atoms with Crippen molar-refractivity contribution in [2.75, 3.05) is 13.2 Å². The lowest BCUT2D eigenvalue weighted by Crippen LogP contribution is -2.06. The van der Waals surface area contributed by atoms with Gasteiger partial charge in [-0.2, -0.15) is 0 Å². The quantitative estimate of drug-likeness (QED) is 0.568. The molecule has 1 unspecified atom stereocenters. The van der Waals surface area contributed by atoms with Crippen LogP contribution in [0.4, 0.5) is 0 Å². The molecule has 114 valence electrons. The van der Waals surface area contributed by atoms with Crippen molar-refractivity contribution in [3.63, 3.8) is 0 Å². The van der Waals surface area contributed by atoms with Gasteiger partial charge in [-0.3, -0.25) is 0 Å². The van der Waals surface area contributed by atoms with E-state index >= 15 is 0 Å². The number of aliphatic hydroxyl groups is 1. The van der Waals surface area contributed by atoms with E-state index in [-0.39, 0.29) is 0 Å². The fourth-order valence-corrected chi connectivity index (χ4v) is 2.54. The van der Waals surface area contributed by atoms with Crippen LogP contribution in [0.25, 0.3) is 0 Å². The topological polar surface area (TPSA) is 29.5 Å². The zero-order chi connectivity index (χ0) is 14.5. The number of rotatable bonds is 12. The second-order valence-corrected chi connectivity index (χ2v) is 5.55. The zero-order valence-electron chi connectivity index (χ0n) is 12.9. The molecule has 0 fully saturated rings. The van der Waals surface area contributed by atoms with Crippen LogP contribution in [0.1, 0.15) is 57.4 Å². The summed E-state index contributed by atoms with van der Waals surface area (Å²) in [6, 6.07) is 10.3. The molecule has 0 amide bonds. The van der Waals surface area contributed by atoms with Gasteiger partial charge in [-0.05, 0) is 30.7 Å². The van der Waals surface area contributed by atoms with Gasteiger partial charge in [-0.25, -0.2) is 0 Å². The summed E-state index contributed by atoms with van der Waals surface area (Å²) in [5.41, 5.74) is 1.24. The third-order valence-electron chi connectivity index (χ3n) is 3.77. The monoisotopic (exact) mass is 278 g/mol. The maximum absolute atomic E-state index is 9.11. The molecular formula is C18H30O2. The van der Waals surface area contributed by atoms with Gasteiger partial charge in [-0.15, -0.1) is 0 Å². The van der Waals surface area contributed by atoms with E-state index in [0.29, 0.717) is 19.1 Å². The molecule has 1 aromatic carbocycles. The van der Waals surface area contributed by atoms with Crippen LogP contribution in [-0.4, -0.2) is 18.3 Å². The Bertz CT molecular complexity index is 310. The lowest BCUT2D eigenvalue weighted by Gasteiger charge is -2.15. The van der Waals surface area contributed by atoms with Crippen LogP contribution < -0.4 is 0 Å². The fourth-order valence-electron chi connectivity index (χ4n) is 2.54. The van der Waals surface area contributed by atoms with E-state index in [1.165, 1.54) is 37.7 Å². The molecular weight excluding hydrogens is 248 g/mol. The van der Waals surface area contributed by atoms with Crippen LogP contribution in [0, 0.1) is 5.92 Å². The summed E-state index contributed by atoms with van der Waals surface area (Å²) < 4.78 is 5.71. The highest BCUT2D eigenvalue weighted by Gasteiger charge is 2.07. The third-order valence-corrected chi connectivity index (χ3v) is 3.77. The first-order valence-electron chi connectivity index (χ1n) is 8.09. The van der Waals surface area contributed by atoms with Gasteiger partial charge >= 0.3 is 0 Å². The molecule has 2 nitrogen and oxygen atoms in total. The molecule has 0 aliphatic rings. The van der Waals surface area contributed by atoms with Crippen LogP contribution in [0.15, 0.2) is 30.3 Å². The summed E-state index contributed by atoms with van der Waals surface area (Å²) in [6.07, 6.45) is 8.36. The molecule has 1 N–H and O–H groups in total. The van der Waals surface area contributed by atoms with E-state index in [0.717, 1.165) is 19.4 Å². The standard InChI is InChI=1S/C18H30O2/c1-2-3-5-9-17(13-14-19)12-8-15-20-16-18-10-6-4-7-11-18/h4,6-7,10-11,17,19H,2-3,5,8-9,12-16H2,1H3. The number of aliphatic hydroxyl groups excluding tert-OH is 1. The van der Waals surface area contributed by atoms with Crippen molar-refractivity contribution in [1.82, 2.24) is 0 Å². The van der Waals surface area contributed by atoms with Gasteiger partial charge in [0.1, 0.15) is 0 Å². The molecule has 0 heterocycles. The van der Waals surface area contributed by atoms with Crippen molar-refractivity contribution in [3.05, 3.63) is 35.9 Å². The molecule has 0 saturated carbocycles. The summed E-state index contributed by atoms with van der Waals surface area (Å²) in [5, 5.41) is 9.11. The Morgan fingerprint density at radius 3 is 2.45 bits per heavy atom. The minimum absolute atomic E-state index is 0.321. The van der Waals surface area contributed by atoms with E-state index in [4.69, 9.17) is 9.84 Å². The highest BCUT2D eigenvalue weighted by Crippen LogP contribution is 2.19. The van der Waals surface area contributed by atoms with Gasteiger partial charge in [-0.1, -0.05) is 62.9 Å². The number of unbranched alkanes of at least 4 members (excludes halogenated alkanes) is 2. The summed E-state index contributed by atoms with van der Waals surface area (Å²) in [6.45, 7) is 4.09. The molecule has 2 heteroatoms. The Hall–Kier alpha value is -0.860. The van der Waals surface area contributed by atoms with Crippen molar-refractivity contribution < 1.29 is 9.84 Å². The lowest BCUT2D eigenvalue weighted by molar-refractivity contribution is 0.111. The van der Waals surface area contributed by atoms with E-state index < -0.39 is 0 Å². The van der Waals surface area contributed by atoms with E-state index in [2.05, 4.69) is 19.1 Å². The maximum atomic E-state index is 9.11. The Labute approximate surface area is 124 Å². The Kier molecular flexibility index (Phi) is 10.3. The average molecular weight is 278 g/mol. The van der Waals surface area contributed by atoms with Crippen molar-refractivity contribution in [3.8, 4) is 0 Å².